The summed E-state index contributed by atoms with van der Waals surface area (Å²) in [6.45, 7) is 5.91. The first-order valence-electron chi connectivity index (χ1n) is 8.08. The van der Waals surface area contributed by atoms with Crippen LogP contribution in [0.25, 0.3) is 6.08 Å². The average molecular weight is 340 g/mol. The van der Waals surface area contributed by atoms with E-state index in [1.807, 2.05) is 69.3 Å². The molecule has 124 valence electrons. The van der Waals surface area contributed by atoms with E-state index in [-0.39, 0.29) is 4.75 Å². The van der Waals surface area contributed by atoms with E-state index >= 15 is 0 Å². The van der Waals surface area contributed by atoms with Gasteiger partial charge in [-0.05, 0) is 39.0 Å². The maximum absolute atomic E-state index is 12.9. The molecule has 0 saturated carbocycles. The van der Waals surface area contributed by atoms with Gasteiger partial charge in [-0.3, -0.25) is 4.21 Å². The molecule has 0 fully saturated rings. The van der Waals surface area contributed by atoms with Gasteiger partial charge in [0.25, 0.3) is 5.79 Å². The Bertz CT molecular complexity index is 836. The molecule has 2 heterocycles. The molecule has 24 heavy (non-hydrogen) atoms. The van der Waals surface area contributed by atoms with Crippen LogP contribution >= 0.6 is 0 Å². The summed E-state index contributed by atoms with van der Waals surface area (Å²) >= 11 is 0. The van der Waals surface area contributed by atoms with Crippen LogP contribution < -0.4 is 9.47 Å². The van der Waals surface area contributed by atoms with Crippen molar-refractivity contribution in [3.05, 3.63) is 59.7 Å². The fourth-order valence-corrected chi connectivity index (χ4v) is 4.25. The van der Waals surface area contributed by atoms with Crippen LogP contribution in [0.5, 0.6) is 11.5 Å². The Morgan fingerprint density at radius 1 is 1.04 bits per heavy atom. The molecule has 0 amide bonds. The normalized spacial score (nSPS) is 22.5. The van der Waals surface area contributed by atoms with Crippen molar-refractivity contribution >= 4 is 16.9 Å². The third kappa shape index (κ3) is 2.46. The molecule has 0 aromatic heterocycles. The van der Waals surface area contributed by atoms with Gasteiger partial charge in [-0.2, -0.15) is 0 Å². The molecule has 0 N–H and O–H groups in total. The predicted molar refractivity (Wildman–Crippen MR) is 95.8 cm³/mol. The van der Waals surface area contributed by atoms with E-state index in [9.17, 15) is 4.21 Å². The van der Waals surface area contributed by atoms with Crippen molar-refractivity contribution in [1.82, 2.24) is 0 Å². The summed E-state index contributed by atoms with van der Waals surface area (Å²) in [4.78, 5) is 0.725. The lowest BCUT2D eigenvalue weighted by molar-refractivity contribution is -0.0561. The largest absolute Gasteiger partial charge is 0.448 e. The van der Waals surface area contributed by atoms with Gasteiger partial charge in [0.2, 0.25) is 0 Å². The van der Waals surface area contributed by atoms with Crippen molar-refractivity contribution in [2.45, 2.75) is 42.6 Å². The molecular weight excluding hydrogens is 320 g/mol. The second-order valence-electron chi connectivity index (χ2n) is 7.19. The third-order valence-corrected chi connectivity index (χ3v) is 6.08. The van der Waals surface area contributed by atoms with E-state index in [4.69, 9.17) is 9.47 Å². The highest BCUT2D eigenvalue weighted by atomic mass is 32.2. The molecule has 3 nitrogen and oxygen atoms in total. The summed E-state index contributed by atoms with van der Waals surface area (Å²) in [7, 11) is -1.17. The van der Waals surface area contributed by atoms with Crippen LogP contribution in [-0.4, -0.2) is 14.7 Å². The summed E-state index contributed by atoms with van der Waals surface area (Å²) in [6, 6.07) is 13.7. The number of fused-ring (bicyclic) bond motifs is 2. The molecule has 0 bridgehead atoms. The summed E-state index contributed by atoms with van der Waals surface area (Å²) in [6.07, 6.45) is 4.61. The lowest BCUT2D eigenvalue weighted by Gasteiger charge is -2.32. The highest BCUT2D eigenvalue weighted by Crippen LogP contribution is 2.43. The van der Waals surface area contributed by atoms with Crippen molar-refractivity contribution in [1.29, 1.82) is 0 Å². The highest BCUT2D eigenvalue weighted by molar-refractivity contribution is 7.86. The number of hydrogen-bond donors (Lipinski definition) is 0. The number of ether oxygens (including phenoxy) is 2. The first-order valence-corrected chi connectivity index (χ1v) is 9.23. The summed E-state index contributed by atoms with van der Waals surface area (Å²) < 4.78 is 25.0. The van der Waals surface area contributed by atoms with E-state index < -0.39 is 16.6 Å². The summed E-state index contributed by atoms with van der Waals surface area (Å²) in [5.74, 6) is 0.676. The lowest BCUT2D eigenvalue weighted by atomic mass is 10.0. The molecule has 1 spiro atoms. The summed E-state index contributed by atoms with van der Waals surface area (Å²) in [5, 5.41) is 0. The van der Waals surface area contributed by atoms with Crippen LogP contribution in [0.4, 0.5) is 0 Å². The fourth-order valence-electron chi connectivity index (χ4n) is 3.06. The zero-order valence-electron chi connectivity index (χ0n) is 14.0. The minimum absolute atomic E-state index is 0.355. The van der Waals surface area contributed by atoms with Crippen molar-refractivity contribution in [3.63, 3.8) is 0 Å². The maximum atomic E-state index is 12.9. The Kier molecular flexibility index (Phi) is 3.36. The Morgan fingerprint density at radius 3 is 2.58 bits per heavy atom. The monoisotopic (exact) mass is 340 g/mol. The van der Waals surface area contributed by atoms with Gasteiger partial charge in [0, 0.05) is 21.9 Å². The Balaban J connectivity index is 1.75. The van der Waals surface area contributed by atoms with Crippen LogP contribution in [0.1, 0.15) is 31.9 Å². The smallest absolute Gasteiger partial charge is 0.275 e. The van der Waals surface area contributed by atoms with Crippen LogP contribution in [0.2, 0.25) is 0 Å². The molecule has 2 aliphatic rings. The maximum Gasteiger partial charge on any atom is 0.275 e. The van der Waals surface area contributed by atoms with Crippen LogP contribution in [0.15, 0.2) is 53.4 Å². The lowest BCUT2D eigenvalue weighted by Crippen LogP contribution is -2.41. The highest BCUT2D eigenvalue weighted by Gasteiger charge is 2.42. The Hall–Kier alpha value is -2.07. The van der Waals surface area contributed by atoms with Crippen molar-refractivity contribution in [2.24, 2.45) is 0 Å². The van der Waals surface area contributed by atoms with Gasteiger partial charge >= 0.3 is 0 Å². The molecule has 2 atom stereocenters. The quantitative estimate of drug-likeness (QED) is 0.775. The molecule has 2 aliphatic heterocycles. The van der Waals surface area contributed by atoms with E-state index in [0.717, 1.165) is 21.8 Å². The molecule has 4 rings (SSSR count). The van der Waals surface area contributed by atoms with Gasteiger partial charge in [-0.25, -0.2) is 0 Å². The standard InChI is InChI=1S/C20H20O3S/c1-19(2,3)24(21)17-10-6-8-14-11-12-20(23-18(14)17)13-15-7-4-5-9-16(15)22-20/h4-12H,13H2,1-3H3/t20-,24?/m0/s1. The van der Waals surface area contributed by atoms with Gasteiger partial charge in [0.15, 0.2) is 0 Å². The Morgan fingerprint density at radius 2 is 1.83 bits per heavy atom. The molecule has 0 aliphatic carbocycles. The van der Waals surface area contributed by atoms with Gasteiger partial charge in [-0.15, -0.1) is 0 Å². The minimum Gasteiger partial charge on any atom is -0.448 e. The molecule has 2 aromatic rings. The van der Waals surface area contributed by atoms with Crippen molar-refractivity contribution in [2.75, 3.05) is 0 Å². The van der Waals surface area contributed by atoms with Crippen LogP contribution in [-0.2, 0) is 17.2 Å². The summed E-state index contributed by atoms with van der Waals surface area (Å²) in [5.41, 5.74) is 2.07. The topological polar surface area (TPSA) is 35.5 Å². The van der Waals surface area contributed by atoms with E-state index in [1.165, 1.54) is 0 Å². The number of benzene rings is 2. The molecule has 4 heteroatoms. The molecular formula is C20H20O3S. The van der Waals surface area contributed by atoms with E-state index in [1.54, 1.807) is 0 Å². The number of rotatable bonds is 1. The third-order valence-electron chi connectivity index (χ3n) is 4.25. The van der Waals surface area contributed by atoms with Crippen molar-refractivity contribution in [3.8, 4) is 11.5 Å². The minimum atomic E-state index is -1.17. The molecule has 0 radical (unpaired) electrons. The average Bonchev–Trinajstić information content (AvgIpc) is 2.90. The van der Waals surface area contributed by atoms with E-state index in [0.29, 0.717) is 12.2 Å². The molecule has 0 saturated heterocycles. The second-order valence-corrected chi connectivity index (χ2v) is 9.39. The van der Waals surface area contributed by atoms with E-state index in [2.05, 4.69) is 6.07 Å². The van der Waals surface area contributed by atoms with Gasteiger partial charge in [-0.1, -0.05) is 30.3 Å². The SMILES string of the molecule is CC(C)(C)S(=O)c1cccc2c1O[C@@]1(C=C2)Cc2ccccc2O1. The van der Waals surface area contributed by atoms with Gasteiger partial charge in [0.1, 0.15) is 11.5 Å². The number of para-hydroxylation sites is 2. The van der Waals surface area contributed by atoms with Crippen LogP contribution in [0, 0.1) is 0 Å². The van der Waals surface area contributed by atoms with Gasteiger partial charge < -0.3 is 9.47 Å². The fraction of sp³-hybridized carbons (Fsp3) is 0.300. The Labute approximate surface area is 144 Å². The predicted octanol–water partition coefficient (Wildman–Crippen LogP) is 4.33. The van der Waals surface area contributed by atoms with Crippen LogP contribution in [0.3, 0.4) is 0 Å². The second kappa shape index (κ2) is 5.21. The van der Waals surface area contributed by atoms with Crippen molar-refractivity contribution < 1.29 is 13.7 Å². The molecule has 2 aromatic carbocycles. The molecule has 1 unspecified atom stereocenters. The zero-order valence-corrected chi connectivity index (χ0v) is 14.9. The number of hydrogen-bond acceptors (Lipinski definition) is 3. The first-order chi connectivity index (χ1) is 11.4. The van der Waals surface area contributed by atoms with Gasteiger partial charge in [0.05, 0.1) is 22.1 Å². The zero-order chi connectivity index (χ0) is 16.9. The first kappa shape index (κ1) is 15.5.